The summed E-state index contributed by atoms with van der Waals surface area (Å²) in [7, 11) is 0. The van der Waals surface area contributed by atoms with Crippen molar-refractivity contribution in [2.75, 3.05) is 0 Å². The third kappa shape index (κ3) is 3.44. The molecule has 0 aromatic heterocycles. The number of carbonyl (C=O) groups excluding carboxylic acids is 4. The van der Waals surface area contributed by atoms with Crippen molar-refractivity contribution in [2.24, 2.45) is 17.8 Å². The van der Waals surface area contributed by atoms with Gasteiger partial charge in [0.1, 0.15) is 0 Å². The number of imide groups is 1. The fourth-order valence-corrected chi connectivity index (χ4v) is 6.47. The van der Waals surface area contributed by atoms with Crippen LogP contribution in [0.3, 0.4) is 0 Å². The molecule has 1 heterocycles. The monoisotopic (exact) mass is 497 g/mol. The third-order valence-electron chi connectivity index (χ3n) is 8.17. The van der Waals surface area contributed by atoms with Crippen molar-refractivity contribution in [1.29, 1.82) is 0 Å². The van der Waals surface area contributed by atoms with E-state index in [9.17, 15) is 28.7 Å². The zero-order valence-corrected chi connectivity index (χ0v) is 20.1. The first-order valence-corrected chi connectivity index (χ1v) is 12.3. The van der Waals surface area contributed by atoms with Crippen LogP contribution in [0.25, 0.3) is 0 Å². The minimum Gasteiger partial charge on any atom is -0.505 e. The number of ketones is 2. The Balaban J connectivity index is 1.47. The molecule has 0 spiro atoms. The van der Waals surface area contributed by atoms with Gasteiger partial charge in [-0.15, -0.1) is 0 Å². The highest BCUT2D eigenvalue weighted by atomic mass is 19.1. The molecule has 0 saturated carbocycles. The molecule has 1 N–H and O–H groups in total. The summed E-state index contributed by atoms with van der Waals surface area (Å²) in [6.45, 7) is 1.72. The fraction of sp³-hybridized carbons (Fsp3) is 0.267. The van der Waals surface area contributed by atoms with Gasteiger partial charge in [0, 0.05) is 28.2 Å². The average molecular weight is 498 g/mol. The van der Waals surface area contributed by atoms with Crippen molar-refractivity contribution in [3.05, 3.63) is 99.9 Å². The molecule has 0 bridgehead atoms. The number of hydrogen-bond donors (Lipinski definition) is 1. The Hall–Kier alpha value is -4.13. The molecule has 0 radical (unpaired) electrons. The van der Waals surface area contributed by atoms with Gasteiger partial charge in [-0.3, -0.25) is 24.1 Å². The van der Waals surface area contributed by atoms with E-state index in [1.165, 1.54) is 23.1 Å². The number of rotatable bonds is 3. The van der Waals surface area contributed by atoms with E-state index < -0.39 is 35.2 Å². The summed E-state index contributed by atoms with van der Waals surface area (Å²) in [6, 6.07) is 13.4. The molecular formula is C30H24FNO5. The highest BCUT2D eigenvalue weighted by molar-refractivity contribution is 6.24. The van der Waals surface area contributed by atoms with Crippen LogP contribution in [-0.4, -0.2) is 33.4 Å². The lowest BCUT2D eigenvalue weighted by Gasteiger charge is -2.42. The Labute approximate surface area is 212 Å². The Morgan fingerprint density at radius 3 is 2.49 bits per heavy atom. The molecule has 1 fully saturated rings. The lowest BCUT2D eigenvalue weighted by atomic mass is 9.59. The van der Waals surface area contributed by atoms with Crippen LogP contribution in [0.1, 0.15) is 36.8 Å². The average Bonchev–Trinajstić information content (AvgIpc) is 3.13. The smallest absolute Gasteiger partial charge is 0.234 e. The number of allylic oxidation sites excluding steroid dienone is 6. The molecule has 4 unspecified atom stereocenters. The number of para-hydroxylation sites is 1. The van der Waals surface area contributed by atoms with Gasteiger partial charge >= 0.3 is 0 Å². The Morgan fingerprint density at radius 1 is 0.973 bits per heavy atom. The Kier molecular flexibility index (Phi) is 5.33. The quantitative estimate of drug-likeness (QED) is 0.391. The number of hydrogen-bond acceptors (Lipinski definition) is 5. The molecule has 7 heteroatoms. The largest absolute Gasteiger partial charge is 0.505 e. The number of aromatic hydroxyl groups is 1. The maximum Gasteiger partial charge on any atom is 0.234 e. The van der Waals surface area contributed by atoms with Crippen LogP contribution >= 0.6 is 0 Å². The summed E-state index contributed by atoms with van der Waals surface area (Å²) in [5, 5.41) is 10.7. The Bertz CT molecular complexity index is 1480. The number of Topliss-reactive ketones (excluding diaryl/α,β-unsaturated/α-hetero) is 1. The minimum atomic E-state index is -0.878. The third-order valence-corrected chi connectivity index (χ3v) is 8.17. The van der Waals surface area contributed by atoms with Crippen LogP contribution in [0, 0.1) is 23.6 Å². The molecule has 1 aliphatic heterocycles. The molecule has 6 nitrogen and oxygen atoms in total. The van der Waals surface area contributed by atoms with Crippen molar-refractivity contribution in [1.82, 2.24) is 4.90 Å². The zero-order chi connectivity index (χ0) is 26.0. The standard InChI is InChI=1S/C30H24FNO5/c1-15-12-23(33)21-13-20-17(24(26(21)27(15)34)18-8-5-9-22(31)28(18)35)10-11-19-25(20)30(37)32(29(19)36)14-16-6-3-2-4-7-16/h2-10,12,19-20,24-25,35H,11,13-14H2,1H3. The van der Waals surface area contributed by atoms with Crippen LogP contribution in [0.4, 0.5) is 4.39 Å². The maximum atomic E-state index is 14.5. The van der Waals surface area contributed by atoms with Gasteiger partial charge in [-0.25, -0.2) is 4.39 Å². The molecule has 4 aliphatic rings. The van der Waals surface area contributed by atoms with Crippen LogP contribution in [0.5, 0.6) is 5.75 Å². The predicted octanol–water partition coefficient (Wildman–Crippen LogP) is 4.16. The van der Waals surface area contributed by atoms with Gasteiger partial charge in [-0.1, -0.05) is 54.1 Å². The van der Waals surface area contributed by atoms with Gasteiger partial charge in [-0.05, 0) is 43.4 Å². The number of phenols is 1. The molecule has 6 rings (SSSR count). The number of fused-ring (bicyclic) bond motifs is 3. The molecule has 2 aromatic rings. The van der Waals surface area contributed by atoms with Crippen molar-refractivity contribution in [2.45, 2.75) is 32.2 Å². The summed E-state index contributed by atoms with van der Waals surface area (Å²) in [5.74, 6) is -5.30. The SMILES string of the molecule is CC1=CC(=O)C2=C(C1=O)C(c1cccc(F)c1O)C1=CCC3C(=O)N(Cc4ccccc4)C(=O)C3C1C2. The lowest BCUT2D eigenvalue weighted by Crippen LogP contribution is -2.39. The summed E-state index contributed by atoms with van der Waals surface area (Å²) >= 11 is 0. The van der Waals surface area contributed by atoms with Gasteiger partial charge in [0.05, 0.1) is 18.4 Å². The van der Waals surface area contributed by atoms with Crippen molar-refractivity contribution >= 4 is 23.4 Å². The molecule has 4 atom stereocenters. The second kappa shape index (κ2) is 8.47. The molecular weight excluding hydrogens is 473 g/mol. The molecule has 1 saturated heterocycles. The minimum absolute atomic E-state index is 0.140. The van der Waals surface area contributed by atoms with Crippen LogP contribution in [0.15, 0.2) is 83.0 Å². The molecule has 186 valence electrons. The van der Waals surface area contributed by atoms with Gasteiger partial charge in [-0.2, -0.15) is 0 Å². The van der Waals surface area contributed by atoms with E-state index in [0.29, 0.717) is 12.0 Å². The van der Waals surface area contributed by atoms with E-state index in [0.717, 1.165) is 11.6 Å². The zero-order valence-electron chi connectivity index (χ0n) is 20.1. The van der Waals surface area contributed by atoms with E-state index in [2.05, 4.69) is 0 Å². The number of benzene rings is 2. The highest BCUT2D eigenvalue weighted by Gasteiger charge is 2.56. The predicted molar refractivity (Wildman–Crippen MR) is 131 cm³/mol. The first-order valence-electron chi connectivity index (χ1n) is 12.3. The van der Waals surface area contributed by atoms with E-state index in [4.69, 9.17) is 0 Å². The van der Waals surface area contributed by atoms with Crippen molar-refractivity contribution in [3.63, 3.8) is 0 Å². The number of halogens is 1. The van der Waals surface area contributed by atoms with Crippen molar-refractivity contribution < 1.29 is 28.7 Å². The molecule has 2 amide bonds. The van der Waals surface area contributed by atoms with Gasteiger partial charge in [0.15, 0.2) is 23.1 Å². The van der Waals surface area contributed by atoms with Crippen molar-refractivity contribution in [3.8, 4) is 5.75 Å². The number of phenolic OH excluding ortho intramolecular Hbond substituents is 1. The van der Waals surface area contributed by atoms with E-state index in [1.807, 2.05) is 36.4 Å². The van der Waals surface area contributed by atoms with E-state index in [1.54, 1.807) is 6.92 Å². The molecule has 37 heavy (non-hydrogen) atoms. The normalized spacial score (nSPS) is 27.0. The first-order chi connectivity index (χ1) is 17.8. The maximum absolute atomic E-state index is 14.5. The number of carbonyl (C=O) groups is 4. The Morgan fingerprint density at radius 2 is 1.73 bits per heavy atom. The highest BCUT2D eigenvalue weighted by Crippen LogP contribution is 2.56. The second-order valence-electron chi connectivity index (χ2n) is 10.2. The topological polar surface area (TPSA) is 91.8 Å². The lowest BCUT2D eigenvalue weighted by molar-refractivity contribution is -0.140. The molecule has 3 aliphatic carbocycles. The number of amides is 2. The van der Waals surface area contributed by atoms with Crippen LogP contribution in [0.2, 0.25) is 0 Å². The van der Waals surface area contributed by atoms with Gasteiger partial charge < -0.3 is 5.11 Å². The summed E-state index contributed by atoms with van der Waals surface area (Å²) in [6.07, 6.45) is 3.58. The first kappa shape index (κ1) is 23.3. The van der Waals surface area contributed by atoms with E-state index >= 15 is 0 Å². The van der Waals surface area contributed by atoms with Gasteiger partial charge in [0.25, 0.3) is 0 Å². The van der Waals surface area contributed by atoms with Crippen LogP contribution in [-0.2, 0) is 25.7 Å². The number of nitrogens with zero attached hydrogens (tertiary/aromatic N) is 1. The van der Waals surface area contributed by atoms with Gasteiger partial charge in [0.2, 0.25) is 11.8 Å². The van der Waals surface area contributed by atoms with E-state index in [-0.39, 0.29) is 58.6 Å². The van der Waals surface area contributed by atoms with Crippen LogP contribution < -0.4 is 0 Å². The summed E-state index contributed by atoms with van der Waals surface area (Å²) in [5.41, 5.74) is 2.47. The summed E-state index contributed by atoms with van der Waals surface area (Å²) in [4.78, 5) is 54.9. The second-order valence-corrected chi connectivity index (χ2v) is 10.2. The summed E-state index contributed by atoms with van der Waals surface area (Å²) < 4.78 is 14.5. The fourth-order valence-electron chi connectivity index (χ4n) is 6.47. The molecule has 2 aromatic carbocycles. The number of likely N-dealkylation sites (tertiary alicyclic amines) is 1.